The molecule has 0 spiro atoms. The molecule has 0 fully saturated rings. The molecule has 43 heavy (non-hydrogen) atoms. The van der Waals surface area contributed by atoms with Gasteiger partial charge in [-0.25, -0.2) is 3.63 Å². The number of rotatable bonds is 27. The maximum absolute atomic E-state index is 14.7. The molecule has 0 N–H and O–H groups in total. The van der Waals surface area contributed by atoms with Gasteiger partial charge < -0.3 is 0 Å². The van der Waals surface area contributed by atoms with Gasteiger partial charge in [-0.1, -0.05) is 124 Å². The first-order chi connectivity index (χ1) is 19.9. The Morgan fingerprint density at radius 2 is 0.721 bits per heavy atom. The van der Waals surface area contributed by atoms with E-state index in [1.807, 2.05) is 20.8 Å². The van der Waals surface area contributed by atoms with E-state index < -0.39 is 43.7 Å². The molecular formula is C29H53F9O3S2. The second-order valence-electron chi connectivity index (χ2n) is 11.4. The summed E-state index contributed by atoms with van der Waals surface area (Å²) >= 11 is 0. The molecule has 0 rings (SSSR count). The third-order valence-electron chi connectivity index (χ3n) is 7.52. The summed E-state index contributed by atoms with van der Waals surface area (Å²) in [6.45, 7) is 6.06. The normalized spacial score (nSPS) is 14.4. The third kappa shape index (κ3) is 13.5. The van der Waals surface area contributed by atoms with Gasteiger partial charge in [0, 0.05) is 17.3 Å². The van der Waals surface area contributed by atoms with Gasteiger partial charge in [0.2, 0.25) is 0 Å². The van der Waals surface area contributed by atoms with E-state index in [-0.39, 0.29) is 17.3 Å². The van der Waals surface area contributed by atoms with E-state index in [9.17, 15) is 47.9 Å². The number of halogens is 9. The Morgan fingerprint density at radius 3 is 1.00 bits per heavy atom. The zero-order valence-corrected chi connectivity index (χ0v) is 27.6. The first-order valence-electron chi connectivity index (χ1n) is 15.8. The lowest BCUT2D eigenvalue weighted by Crippen LogP contribution is -2.63. The van der Waals surface area contributed by atoms with Gasteiger partial charge in [0.1, 0.15) is 0 Å². The molecule has 0 saturated heterocycles. The lowest BCUT2D eigenvalue weighted by Gasteiger charge is -2.41. The number of alkyl halides is 9. The van der Waals surface area contributed by atoms with Crippen molar-refractivity contribution < 1.29 is 51.6 Å². The average molecular weight is 685 g/mol. The standard InChI is InChI=1S/C29H53F9O3S2/c1-4-7-10-13-16-19-22-25-42(23-20-17-14-11-8-5-2,24-21-18-15-12-9-6-3)41-43(39,40)29(37,38)27(32,33)26(30,31)28(34,35)36/h4-25H2,1-3H3. The Bertz CT molecular complexity index is 820. The van der Waals surface area contributed by atoms with E-state index in [1.165, 1.54) is 0 Å². The smallest absolute Gasteiger partial charge is 0.215 e. The minimum Gasteiger partial charge on any atom is -0.215 e. The van der Waals surface area contributed by atoms with E-state index in [1.54, 1.807) is 0 Å². The van der Waals surface area contributed by atoms with Crippen LogP contribution in [0, 0.1) is 0 Å². The summed E-state index contributed by atoms with van der Waals surface area (Å²) in [4.78, 5) is 0. The second-order valence-corrected chi connectivity index (χ2v) is 16.5. The van der Waals surface area contributed by atoms with Crippen LogP contribution >= 0.6 is 10.3 Å². The number of unbranched alkanes of at least 4 members (excludes halogenated alkanes) is 16. The fraction of sp³-hybridized carbons (Fsp3) is 1.00. The summed E-state index contributed by atoms with van der Waals surface area (Å²) in [6.07, 6.45) is 7.43. The summed E-state index contributed by atoms with van der Waals surface area (Å²) in [6, 6.07) is 0. The molecule has 0 unspecified atom stereocenters. The molecule has 0 bridgehead atoms. The highest BCUT2D eigenvalue weighted by molar-refractivity contribution is 8.33. The van der Waals surface area contributed by atoms with Crippen molar-refractivity contribution in [2.45, 2.75) is 166 Å². The predicted molar refractivity (Wildman–Crippen MR) is 158 cm³/mol. The molecule has 0 aliphatic heterocycles. The Morgan fingerprint density at radius 1 is 0.442 bits per heavy atom. The van der Waals surface area contributed by atoms with Crippen molar-refractivity contribution in [1.82, 2.24) is 0 Å². The van der Waals surface area contributed by atoms with Crippen LogP contribution in [0.15, 0.2) is 0 Å². The third-order valence-corrected chi connectivity index (χ3v) is 13.4. The van der Waals surface area contributed by atoms with Crippen LogP contribution in [0.3, 0.4) is 0 Å². The highest BCUT2D eigenvalue weighted by Gasteiger charge is 2.86. The first-order valence-corrected chi connectivity index (χ1v) is 19.3. The van der Waals surface area contributed by atoms with Crippen LogP contribution in [0.2, 0.25) is 0 Å². The quantitative estimate of drug-likeness (QED) is 0.0639. The zero-order valence-electron chi connectivity index (χ0n) is 26.0. The second kappa shape index (κ2) is 20.0. The molecule has 0 aromatic carbocycles. The van der Waals surface area contributed by atoms with Crippen molar-refractivity contribution in [2.24, 2.45) is 0 Å². The largest absolute Gasteiger partial charge is 0.460 e. The van der Waals surface area contributed by atoms with Gasteiger partial charge in [0.05, 0.1) is 0 Å². The van der Waals surface area contributed by atoms with Crippen molar-refractivity contribution in [3.05, 3.63) is 0 Å². The molecule has 262 valence electrons. The summed E-state index contributed by atoms with van der Waals surface area (Å²) in [5.74, 6) is -14.7. The first kappa shape index (κ1) is 42.6. The van der Waals surface area contributed by atoms with E-state index in [0.29, 0.717) is 38.5 Å². The Labute approximate surface area is 255 Å². The number of hydrogen-bond acceptors (Lipinski definition) is 3. The molecule has 0 heterocycles. The molecule has 0 aliphatic carbocycles. The van der Waals surface area contributed by atoms with Gasteiger partial charge in [-0.2, -0.15) is 47.9 Å². The fourth-order valence-corrected chi connectivity index (χ4v) is 10.7. The summed E-state index contributed by atoms with van der Waals surface area (Å²) in [7, 11) is -9.99. The van der Waals surface area contributed by atoms with Crippen LogP contribution in [-0.4, -0.2) is 49.0 Å². The minimum absolute atomic E-state index is 0.0404. The Balaban J connectivity index is 6.21. The van der Waals surface area contributed by atoms with E-state index >= 15 is 0 Å². The van der Waals surface area contributed by atoms with E-state index in [0.717, 1.165) is 83.5 Å². The molecule has 0 amide bonds. The monoisotopic (exact) mass is 684 g/mol. The SMILES string of the molecule is CCCCCCCCCS(CCCCCCCC)(CCCCCCCC)OS(=O)(=O)C(F)(F)C(F)(F)C(F)(F)C(F)(F)F. The van der Waals surface area contributed by atoms with Gasteiger partial charge in [-0.3, -0.25) is 0 Å². The van der Waals surface area contributed by atoms with Gasteiger partial charge in [0.15, 0.2) is 0 Å². The van der Waals surface area contributed by atoms with Gasteiger partial charge in [0.25, 0.3) is 0 Å². The van der Waals surface area contributed by atoms with Crippen LogP contribution in [0.25, 0.3) is 0 Å². The molecule has 0 aromatic heterocycles. The maximum Gasteiger partial charge on any atom is 0.460 e. The highest BCUT2D eigenvalue weighted by Crippen LogP contribution is 2.60. The summed E-state index contributed by atoms with van der Waals surface area (Å²) < 4.78 is 153. The molecule has 0 aromatic rings. The van der Waals surface area contributed by atoms with Gasteiger partial charge in [-0.15, -0.1) is 10.3 Å². The van der Waals surface area contributed by atoms with Crippen molar-refractivity contribution in [2.75, 3.05) is 17.3 Å². The summed E-state index contributed by atoms with van der Waals surface area (Å²) in [5.41, 5.74) is 0. The molecular weight excluding hydrogens is 631 g/mol. The van der Waals surface area contributed by atoms with Crippen LogP contribution in [0.4, 0.5) is 39.5 Å². The van der Waals surface area contributed by atoms with Gasteiger partial charge in [-0.05, 0) is 19.3 Å². The van der Waals surface area contributed by atoms with Crippen LogP contribution in [0.5, 0.6) is 0 Å². The van der Waals surface area contributed by atoms with E-state index in [2.05, 4.69) is 0 Å². The maximum atomic E-state index is 14.7. The fourth-order valence-electron chi connectivity index (χ4n) is 4.77. The molecule has 0 radical (unpaired) electrons. The van der Waals surface area contributed by atoms with Crippen LogP contribution in [-0.2, 0) is 13.7 Å². The molecule has 14 heteroatoms. The predicted octanol–water partition coefficient (Wildman–Crippen LogP) is 11.9. The number of hydrogen-bond donors (Lipinski definition) is 0. The zero-order chi connectivity index (χ0) is 33.3. The van der Waals surface area contributed by atoms with Crippen molar-refractivity contribution in [3.63, 3.8) is 0 Å². The van der Waals surface area contributed by atoms with E-state index in [4.69, 9.17) is 3.63 Å². The summed E-state index contributed by atoms with van der Waals surface area (Å²) in [5, 5.41) is -6.82. The topological polar surface area (TPSA) is 43.4 Å². The molecule has 3 nitrogen and oxygen atoms in total. The van der Waals surface area contributed by atoms with Crippen molar-refractivity contribution >= 4 is 20.4 Å². The molecule has 0 saturated carbocycles. The Hall–Kier alpha value is -0.370. The lowest BCUT2D eigenvalue weighted by molar-refractivity contribution is -0.382. The van der Waals surface area contributed by atoms with Gasteiger partial charge >= 0.3 is 33.4 Å². The highest BCUT2D eigenvalue weighted by atomic mass is 32.3. The van der Waals surface area contributed by atoms with Crippen LogP contribution < -0.4 is 0 Å². The minimum atomic E-state index is -7.31. The Kier molecular flexibility index (Phi) is 19.8. The molecule has 0 aliphatic rings. The lowest BCUT2D eigenvalue weighted by atomic mass is 10.1. The van der Waals surface area contributed by atoms with Crippen LogP contribution in [0.1, 0.15) is 143 Å². The molecule has 0 atom stereocenters. The van der Waals surface area contributed by atoms with Crippen molar-refractivity contribution in [1.29, 1.82) is 0 Å². The average Bonchev–Trinajstić information content (AvgIpc) is 2.91. The van der Waals surface area contributed by atoms with Crippen molar-refractivity contribution in [3.8, 4) is 0 Å².